The first-order chi connectivity index (χ1) is 16.3. The summed E-state index contributed by atoms with van der Waals surface area (Å²) in [4.78, 5) is 12.4. The van der Waals surface area contributed by atoms with E-state index >= 15 is 0 Å². The number of methoxy groups -OCH3 is 2. The fourth-order valence-corrected chi connectivity index (χ4v) is 4.08. The molecule has 0 saturated carbocycles. The van der Waals surface area contributed by atoms with Crippen molar-refractivity contribution in [3.05, 3.63) is 83.9 Å². The highest BCUT2D eigenvalue weighted by Crippen LogP contribution is 2.25. The van der Waals surface area contributed by atoms with Gasteiger partial charge in [-0.3, -0.25) is 9.10 Å². The lowest BCUT2D eigenvalue weighted by Crippen LogP contribution is -2.29. The van der Waals surface area contributed by atoms with Gasteiger partial charge in [0, 0.05) is 11.6 Å². The summed E-state index contributed by atoms with van der Waals surface area (Å²) in [6.45, 7) is 0.786. The highest BCUT2D eigenvalue weighted by Gasteiger charge is 2.18. The molecule has 0 aliphatic rings. The van der Waals surface area contributed by atoms with Crippen LogP contribution in [0.4, 0.5) is 5.69 Å². The molecule has 1 amide bonds. The number of nitrogens with zero attached hydrogens (tertiary/aromatic N) is 1. The summed E-state index contributed by atoms with van der Waals surface area (Å²) in [6.07, 6.45) is 1.16. The Morgan fingerprint density at radius 3 is 2.15 bits per heavy atom. The van der Waals surface area contributed by atoms with Crippen LogP contribution >= 0.6 is 0 Å². The Hall–Kier alpha value is -3.72. The van der Waals surface area contributed by atoms with Crippen molar-refractivity contribution >= 4 is 21.6 Å². The number of carbonyl (C=O) groups excluding carboxylic acids is 1. The third kappa shape index (κ3) is 6.89. The van der Waals surface area contributed by atoms with Crippen molar-refractivity contribution in [3.8, 4) is 17.2 Å². The minimum atomic E-state index is -3.53. The normalized spacial score (nSPS) is 10.9. The number of nitrogens with one attached hydrogen (secondary N) is 1. The lowest BCUT2D eigenvalue weighted by molar-refractivity contribution is 0.0947. The standard InChI is InChI=1S/C25H28N2O6S/c1-31-22-11-13-23(14-12-22)33-16-15-26-25(28)20-9-7-19(8-10-20)18-27(34(3,29)30)21-5-4-6-24(17-21)32-2/h4-14,17H,15-16,18H2,1-3H3,(H,26,28). The first kappa shape index (κ1) is 24.9. The summed E-state index contributed by atoms with van der Waals surface area (Å²) in [6, 6.07) is 20.9. The number of benzene rings is 3. The van der Waals surface area contributed by atoms with Gasteiger partial charge < -0.3 is 19.5 Å². The molecule has 34 heavy (non-hydrogen) atoms. The van der Waals surface area contributed by atoms with Crippen LogP contribution in [0.2, 0.25) is 0 Å². The van der Waals surface area contributed by atoms with Crippen LogP contribution < -0.4 is 23.8 Å². The molecule has 0 fully saturated rings. The molecule has 0 saturated heterocycles. The van der Waals surface area contributed by atoms with Gasteiger partial charge in [-0.1, -0.05) is 18.2 Å². The van der Waals surface area contributed by atoms with Gasteiger partial charge >= 0.3 is 0 Å². The van der Waals surface area contributed by atoms with Crippen molar-refractivity contribution in [1.29, 1.82) is 0 Å². The molecule has 180 valence electrons. The van der Waals surface area contributed by atoms with E-state index in [0.29, 0.717) is 35.9 Å². The summed E-state index contributed by atoms with van der Waals surface area (Å²) in [5.74, 6) is 1.75. The Balaban J connectivity index is 1.56. The molecule has 0 heterocycles. The Morgan fingerprint density at radius 1 is 0.882 bits per heavy atom. The van der Waals surface area contributed by atoms with Gasteiger partial charge in [-0.05, 0) is 54.1 Å². The Morgan fingerprint density at radius 2 is 1.53 bits per heavy atom. The summed E-state index contributed by atoms with van der Waals surface area (Å²) < 4.78 is 42.0. The lowest BCUT2D eigenvalue weighted by atomic mass is 10.1. The summed E-state index contributed by atoms with van der Waals surface area (Å²) in [7, 11) is -0.408. The van der Waals surface area contributed by atoms with Crippen LogP contribution in [0, 0.1) is 0 Å². The average Bonchev–Trinajstić information content (AvgIpc) is 2.85. The second-order valence-electron chi connectivity index (χ2n) is 7.45. The zero-order valence-electron chi connectivity index (χ0n) is 19.4. The van der Waals surface area contributed by atoms with Crippen molar-refractivity contribution in [1.82, 2.24) is 5.32 Å². The van der Waals surface area contributed by atoms with Crippen LogP contribution in [-0.2, 0) is 16.6 Å². The summed E-state index contributed by atoms with van der Waals surface area (Å²) >= 11 is 0. The third-order valence-corrected chi connectivity index (χ3v) is 6.14. The molecule has 3 rings (SSSR count). The Bertz CT molecular complexity index is 1190. The predicted octanol–water partition coefficient (Wildman–Crippen LogP) is 3.48. The maximum Gasteiger partial charge on any atom is 0.251 e. The number of anilines is 1. The van der Waals surface area contributed by atoms with Gasteiger partial charge in [0.05, 0.1) is 39.3 Å². The van der Waals surface area contributed by atoms with Crippen LogP contribution in [-0.4, -0.2) is 48.0 Å². The third-order valence-electron chi connectivity index (χ3n) is 5.00. The summed E-state index contributed by atoms with van der Waals surface area (Å²) in [5.41, 5.74) is 1.72. The van der Waals surface area contributed by atoms with Crippen LogP contribution in [0.3, 0.4) is 0 Å². The van der Waals surface area contributed by atoms with Crippen LogP contribution in [0.25, 0.3) is 0 Å². The zero-order chi connectivity index (χ0) is 24.6. The van der Waals surface area contributed by atoms with Crippen LogP contribution in [0.1, 0.15) is 15.9 Å². The maximum absolute atomic E-state index is 12.4. The number of rotatable bonds is 11. The second kappa shape index (κ2) is 11.4. The molecule has 0 aromatic heterocycles. The highest BCUT2D eigenvalue weighted by atomic mass is 32.2. The fraction of sp³-hybridized carbons (Fsp3) is 0.240. The second-order valence-corrected chi connectivity index (χ2v) is 9.35. The predicted molar refractivity (Wildman–Crippen MR) is 131 cm³/mol. The molecule has 0 unspecified atom stereocenters. The van der Waals surface area contributed by atoms with Gasteiger partial charge in [0.25, 0.3) is 5.91 Å². The van der Waals surface area contributed by atoms with Crippen molar-refractivity contribution < 1.29 is 27.4 Å². The van der Waals surface area contributed by atoms with Crippen molar-refractivity contribution in [2.45, 2.75) is 6.54 Å². The summed E-state index contributed by atoms with van der Waals surface area (Å²) in [5, 5.41) is 2.81. The molecule has 0 atom stereocenters. The van der Waals surface area contributed by atoms with E-state index in [2.05, 4.69) is 5.32 Å². The molecule has 0 radical (unpaired) electrons. The van der Waals surface area contributed by atoms with Gasteiger partial charge in [0.1, 0.15) is 23.9 Å². The number of amides is 1. The van der Waals surface area contributed by atoms with E-state index in [9.17, 15) is 13.2 Å². The Labute approximate surface area is 200 Å². The quantitative estimate of drug-likeness (QED) is 0.419. The van der Waals surface area contributed by atoms with Gasteiger partial charge in [-0.15, -0.1) is 0 Å². The van der Waals surface area contributed by atoms with Crippen LogP contribution in [0.15, 0.2) is 72.8 Å². The van der Waals surface area contributed by atoms with Crippen molar-refractivity contribution in [2.75, 3.05) is 37.9 Å². The molecule has 0 bridgehead atoms. The van der Waals surface area contributed by atoms with E-state index in [1.165, 1.54) is 11.4 Å². The molecule has 1 N–H and O–H groups in total. The lowest BCUT2D eigenvalue weighted by Gasteiger charge is -2.23. The van der Waals surface area contributed by atoms with Gasteiger partial charge in [-0.25, -0.2) is 8.42 Å². The number of ether oxygens (including phenoxy) is 3. The minimum Gasteiger partial charge on any atom is -0.497 e. The minimum absolute atomic E-state index is 0.129. The molecule has 3 aromatic rings. The molecule has 0 spiro atoms. The molecule has 0 aliphatic carbocycles. The molecule has 9 heteroatoms. The van der Waals surface area contributed by atoms with E-state index in [-0.39, 0.29) is 12.5 Å². The number of hydrogen-bond donors (Lipinski definition) is 1. The van der Waals surface area contributed by atoms with E-state index < -0.39 is 10.0 Å². The fourth-order valence-electron chi connectivity index (χ4n) is 3.20. The maximum atomic E-state index is 12.4. The van der Waals surface area contributed by atoms with Crippen molar-refractivity contribution in [3.63, 3.8) is 0 Å². The van der Waals surface area contributed by atoms with Gasteiger partial charge in [0.2, 0.25) is 10.0 Å². The topological polar surface area (TPSA) is 94.2 Å². The number of carbonyl (C=O) groups is 1. The Kier molecular flexibility index (Phi) is 8.37. The van der Waals surface area contributed by atoms with E-state index in [4.69, 9.17) is 14.2 Å². The molecule has 3 aromatic carbocycles. The van der Waals surface area contributed by atoms with E-state index in [1.807, 2.05) is 0 Å². The molecule has 0 aliphatic heterocycles. The zero-order valence-corrected chi connectivity index (χ0v) is 20.2. The van der Waals surface area contributed by atoms with Crippen molar-refractivity contribution in [2.24, 2.45) is 0 Å². The van der Waals surface area contributed by atoms with E-state index in [1.54, 1.807) is 79.9 Å². The van der Waals surface area contributed by atoms with E-state index in [0.717, 1.165) is 17.6 Å². The first-order valence-corrected chi connectivity index (χ1v) is 12.4. The monoisotopic (exact) mass is 484 g/mol. The molecular formula is C25H28N2O6S. The highest BCUT2D eigenvalue weighted by molar-refractivity contribution is 7.92. The van der Waals surface area contributed by atoms with Crippen LogP contribution in [0.5, 0.6) is 17.2 Å². The number of sulfonamides is 1. The van der Waals surface area contributed by atoms with Gasteiger partial charge in [-0.2, -0.15) is 0 Å². The largest absolute Gasteiger partial charge is 0.497 e. The first-order valence-electron chi connectivity index (χ1n) is 10.6. The smallest absolute Gasteiger partial charge is 0.251 e. The van der Waals surface area contributed by atoms with Gasteiger partial charge in [0.15, 0.2) is 0 Å². The SMILES string of the molecule is COc1ccc(OCCNC(=O)c2ccc(CN(c3cccc(OC)c3)S(C)(=O)=O)cc2)cc1. The molecular weight excluding hydrogens is 456 g/mol. The number of hydrogen-bond acceptors (Lipinski definition) is 6. The average molecular weight is 485 g/mol. The molecule has 8 nitrogen and oxygen atoms in total.